The topological polar surface area (TPSA) is 29.9 Å². The quantitative estimate of drug-likeness (QED) is 0.878. The summed E-state index contributed by atoms with van der Waals surface area (Å²) in [6, 6.07) is 6.27. The summed E-state index contributed by atoms with van der Waals surface area (Å²) in [5.41, 5.74) is 2.34. The van der Waals surface area contributed by atoms with Crippen LogP contribution in [0.25, 0.3) is 0 Å². The Morgan fingerprint density at radius 2 is 2.16 bits per heavy atom. The zero-order valence-corrected chi connectivity index (χ0v) is 12.2. The maximum atomic E-state index is 6.36. The van der Waals surface area contributed by atoms with Gasteiger partial charge in [0.2, 0.25) is 0 Å². The average molecular weight is 278 g/mol. The minimum atomic E-state index is 0.779. The largest absolute Gasteiger partial charge is 0.335 e. The van der Waals surface area contributed by atoms with Crippen molar-refractivity contribution in [3.63, 3.8) is 0 Å². The first-order chi connectivity index (χ1) is 9.24. The second-order valence-corrected chi connectivity index (χ2v) is 4.92. The van der Waals surface area contributed by atoms with Gasteiger partial charge in [-0.15, -0.1) is 0 Å². The smallest absolute Gasteiger partial charge is 0.113 e. The molecule has 0 aliphatic heterocycles. The lowest BCUT2D eigenvalue weighted by molar-refractivity contribution is 0.711. The summed E-state index contributed by atoms with van der Waals surface area (Å²) in [7, 11) is 0. The summed E-state index contributed by atoms with van der Waals surface area (Å²) >= 11 is 6.36. The predicted octanol–water partition coefficient (Wildman–Crippen LogP) is 3.26. The average Bonchev–Trinajstić information content (AvgIpc) is 2.86. The first kappa shape index (κ1) is 14.1. The van der Waals surface area contributed by atoms with Gasteiger partial charge < -0.3 is 9.88 Å². The van der Waals surface area contributed by atoms with Crippen LogP contribution in [0.1, 0.15) is 30.8 Å². The van der Waals surface area contributed by atoms with E-state index in [-0.39, 0.29) is 0 Å². The Labute approximate surface area is 119 Å². The number of aromatic nitrogens is 2. The molecule has 2 rings (SSSR count). The van der Waals surface area contributed by atoms with Crippen LogP contribution in [0.4, 0.5) is 0 Å². The van der Waals surface area contributed by atoms with Gasteiger partial charge in [0.1, 0.15) is 5.82 Å². The van der Waals surface area contributed by atoms with Crippen LogP contribution in [-0.2, 0) is 19.5 Å². The molecule has 19 heavy (non-hydrogen) atoms. The lowest BCUT2D eigenvalue weighted by Gasteiger charge is -2.09. The highest BCUT2D eigenvalue weighted by Crippen LogP contribution is 2.20. The van der Waals surface area contributed by atoms with Crippen molar-refractivity contribution in [1.82, 2.24) is 14.9 Å². The molecule has 3 nitrogen and oxygen atoms in total. The van der Waals surface area contributed by atoms with E-state index in [1.165, 1.54) is 5.56 Å². The molecule has 0 bridgehead atoms. The summed E-state index contributed by atoms with van der Waals surface area (Å²) in [4.78, 5) is 4.39. The Kier molecular flexibility index (Phi) is 5.00. The molecule has 1 heterocycles. The molecule has 0 saturated heterocycles. The van der Waals surface area contributed by atoms with Gasteiger partial charge in [0.25, 0.3) is 0 Å². The molecule has 1 N–H and O–H groups in total. The molecular formula is C15H20ClN3. The van der Waals surface area contributed by atoms with Crippen LogP contribution in [0, 0.1) is 0 Å². The van der Waals surface area contributed by atoms with Crippen molar-refractivity contribution in [2.24, 2.45) is 0 Å². The Morgan fingerprint density at radius 3 is 2.84 bits per heavy atom. The van der Waals surface area contributed by atoms with E-state index in [2.05, 4.69) is 40.8 Å². The van der Waals surface area contributed by atoms with Crippen LogP contribution in [0.5, 0.6) is 0 Å². The van der Waals surface area contributed by atoms with Crippen molar-refractivity contribution < 1.29 is 0 Å². The maximum Gasteiger partial charge on any atom is 0.113 e. The molecule has 2 aromatic rings. The number of rotatable bonds is 6. The van der Waals surface area contributed by atoms with Crippen LogP contribution >= 0.6 is 11.6 Å². The van der Waals surface area contributed by atoms with Crippen LogP contribution in [0.3, 0.4) is 0 Å². The van der Waals surface area contributed by atoms with E-state index in [0.29, 0.717) is 0 Å². The van der Waals surface area contributed by atoms with E-state index in [0.717, 1.165) is 42.5 Å². The Hall–Kier alpha value is -1.32. The van der Waals surface area contributed by atoms with E-state index >= 15 is 0 Å². The van der Waals surface area contributed by atoms with Gasteiger partial charge in [-0.2, -0.15) is 0 Å². The molecule has 4 heteroatoms. The van der Waals surface area contributed by atoms with Crippen LogP contribution in [0.15, 0.2) is 30.6 Å². The van der Waals surface area contributed by atoms with Crippen molar-refractivity contribution in [2.75, 3.05) is 6.54 Å². The van der Waals surface area contributed by atoms with Gasteiger partial charge in [0, 0.05) is 36.9 Å². The minimum absolute atomic E-state index is 0.779. The number of benzene rings is 1. The van der Waals surface area contributed by atoms with E-state index < -0.39 is 0 Å². The fraction of sp³-hybridized carbons (Fsp3) is 0.400. The number of hydrogen-bond acceptors (Lipinski definition) is 2. The van der Waals surface area contributed by atoms with Gasteiger partial charge >= 0.3 is 0 Å². The SMILES string of the molecule is CCNCc1ccc(Cc2nccn2CC)c(Cl)c1. The highest BCUT2D eigenvalue weighted by Gasteiger charge is 2.07. The molecule has 0 radical (unpaired) electrons. The summed E-state index contributed by atoms with van der Waals surface area (Å²) in [5, 5.41) is 4.12. The predicted molar refractivity (Wildman–Crippen MR) is 79.5 cm³/mol. The first-order valence-electron chi connectivity index (χ1n) is 6.72. The van der Waals surface area contributed by atoms with Gasteiger partial charge in [-0.25, -0.2) is 4.98 Å². The Bertz CT molecular complexity index is 534. The second-order valence-electron chi connectivity index (χ2n) is 4.51. The molecular weight excluding hydrogens is 258 g/mol. The lowest BCUT2D eigenvalue weighted by atomic mass is 10.1. The van der Waals surface area contributed by atoms with E-state index in [1.54, 1.807) is 0 Å². The highest BCUT2D eigenvalue weighted by molar-refractivity contribution is 6.31. The Morgan fingerprint density at radius 1 is 1.32 bits per heavy atom. The monoisotopic (exact) mass is 277 g/mol. The third kappa shape index (κ3) is 3.58. The van der Waals surface area contributed by atoms with Gasteiger partial charge in [-0.3, -0.25) is 0 Å². The summed E-state index contributed by atoms with van der Waals surface area (Å²) in [6.45, 7) is 6.98. The third-order valence-electron chi connectivity index (χ3n) is 3.19. The molecule has 0 fully saturated rings. The van der Waals surface area contributed by atoms with Crippen molar-refractivity contribution in [3.8, 4) is 0 Å². The molecule has 0 amide bonds. The van der Waals surface area contributed by atoms with Gasteiger partial charge in [-0.1, -0.05) is 30.7 Å². The molecule has 0 aliphatic rings. The normalized spacial score (nSPS) is 10.9. The fourth-order valence-electron chi connectivity index (χ4n) is 2.08. The highest BCUT2D eigenvalue weighted by atomic mass is 35.5. The van der Waals surface area contributed by atoms with Crippen molar-refractivity contribution in [1.29, 1.82) is 0 Å². The van der Waals surface area contributed by atoms with Crippen LogP contribution < -0.4 is 5.32 Å². The summed E-state index contributed by atoms with van der Waals surface area (Å²) in [6.07, 6.45) is 4.62. The first-order valence-corrected chi connectivity index (χ1v) is 7.10. The van der Waals surface area contributed by atoms with Gasteiger partial charge in [-0.05, 0) is 30.7 Å². The number of nitrogens with zero attached hydrogens (tertiary/aromatic N) is 2. The van der Waals surface area contributed by atoms with Crippen molar-refractivity contribution in [3.05, 3.63) is 52.6 Å². The molecule has 1 aromatic carbocycles. The molecule has 0 aliphatic carbocycles. The molecule has 0 unspecified atom stereocenters. The van der Waals surface area contributed by atoms with Crippen molar-refractivity contribution >= 4 is 11.6 Å². The van der Waals surface area contributed by atoms with E-state index in [1.807, 2.05) is 18.5 Å². The number of halogens is 1. The van der Waals surface area contributed by atoms with Gasteiger partial charge in [0.05, 0.1) is 0 Å². The van der Waals surface area contributed by atoms with Crippen LogP contribution in [0.2, 0.25) is 5.02 Å². The Balaban J connectivity index is 2.13. The maximum absolute atomic E-state index is 6.36. The molecule has 0 atom stereocenters. The fourth-order valence-corrected chi connectivity index (χ4v) is 2.35. The second kappa shape index (κ2) is 6.73. The zero-order valence-electron chi connectivity index (χ0n) is 11.5. The van der Waals surface area contributed by atoms with Crippen molar-refractivity contribution in [2.45, 2.75) is 33.4 Å². The molecule has 0 spiro atoms. The molecule has 0 saturated carbocycles. The van der Waals surface area contributed by atoms with Gasteiger partial charge in [0.15, 0.2) is 0 Å². The number of imidazole rings is 1. The lowest BCUT2D eigenvalue weighted by Crippen LogP contribution is -2.11. The van der Waals surface area contributed by atoms with E-state index in [4.69, 9.17) is 11.6 Å². The molecule has 102 valence electrons. The minimum Gasteiger partial charge on any atom is -0.335 e. The number of hydrogen-bond donors (Lipinski definition) is 1. The third-order valence-corrected chi connectivity index (χ3v) is 3.54. The van der Waals surface area contributed by atoms with Crippen LogP contribution in [-0.4, -0.2) is 16.1 Å². The number of nitrogens with one attached hydrogen (secondary N) is 1. The standard InChI is InChI=1S/C15H20ClN3/c1-3-17-11-12-5-6-13(14(16)9-12)10-15-18-7-8-19(15)4-2/h5-9,17H,3-4,10-11H2,1-2H3. The molecule has 1 aromatic heterocycles. The zero-order chi connectivity index (χ0) is 13.7. The van der Waals surface area contributed by atoms with E-state index in [9.17, 15) is 0 Å². The summed E-state index contributed by atoms with van der Waals surface area (Å²) < 4.78 is 2.14. The summed E-state index contributed by atoms with van der Waals surface area (Å²) in [5.74, 6) is 1.06. The number of aryl methyl sites for hydroxylation is 1.